The zero-order valence-electron chi connectivity index (χ0n) is 11.4. The second-order valence-corrected chi connectivity index (χ2v) is 5.51. The Morgan fingerprint density at radius 2 is 1.73 bits per heavy atom. The SMILES string of the molecule is O=C1Nc2c(cccc2C(F)(F)F)C1=C1CCC(F)(F)CC1. The van der Waals surface area contributed by atoms with Crippen LogP contribution < -0.4 is 5.32 Å². The number of alkyl halides is 5. The molecule has 7 heteroatoms. The highest BCUT2D eigenvalue weighted by Gasteiger charge is 2.40. The molecule has 0 saturated heterocycles. The molecule has 1 heterocycles. The van der Waals surface area contributed by atoms with Crippen molar-refractivity contribution in [3.8, 4) is 0 Å². The van der Waals surface area contributed by atoms with E-state index in [4.69, 9.17) is 0 Å². The molecule has 1 aliphatic heterocycles. The summed E-state index contributed by atoms with van der Waals surface area (Å²) in [5.74, 6) is -3.41. The predicted molar refractivity (Wildman–Crippen MR) is 70.4 cm³/mol. The van der Waals surface area contributed by atoms with E-state index in [0.29, 0.717) is 5.57 Å². The lowest BCUT2D eigenvalue weighted by Crippen LogP contribution is -2.21. The number of carbonyl (C=O) groups excluding carboxylic acids is 1. The maximum Gasteiger partial charge on any atom is 0.418 e. The number of carbonyl (C=O) groups is 1. The molecule has 0 aromatic heterocycles. The number of amides is 1. The lowest BCUT2D eigenvalue weighted by Gasteiger charge is -2.24. The summed E-state index contributed by atoms with van der Waals surface area (Å²) in [6.45, 7) is 0. The second kappa shape index (κ2) is 4.79. The van der Waals surface area contributed by atoms with E-state index < -0.39 is 23.6 Å². The largest absolute Gasteiger partial charge is 0.418 e. The van der Waals surface area contributed by atoms with Crippen molar-refractivity contribution in [3.63, 3.8) is 0 Å². The van der Waals surface area contributed by atoms with Gasteiger partial charge < -0.3 is 5.32 Å². The molecule has 1 N–H and O–H groups in total. The molecular formula is C15H12F5NO. The van der Waals surface area contributed by atoms with Crippen LogP contribution >= 0.6 is 0 Å². The summed E-state index contributed by atoms with van der Waals surface area (Å²) in [7, 11) is 0. The molecule has 1 fully saturated rings. The molecular weight excluding hydrogens is 305 g/mol. The van der Waals surface area contributed by atoms with Gasteiger partial charge in [-0.15, -0.1) is 0 Å². The topological polar surface area (TPSA) is 29.1 Å². The molecule has 0 radical (unpaired) electrons. The highest BCUT2D eigenvalue weighted by atomic mass is 19.4. The van der Waals surface area contributed by atoms with Crippen molar-refractivity contribution < 1.29 is 26.7 Å². The minimum absolute atomic E-state index is 0.0193. The average Bonchev–Trinajstić information content (AvgIpc) is 2.73. The summed E-state index contributed by atoms with van der Waals surface area (Å²) < 4.78 is 65.3. The van der Waals surface area contributed by atoms with Gasteiger partial charge in [-0.25, -0.2) is 8.78 Å². The van der Waals surface area contributed by atoms with Gasteiger partial charge in [0, 0.05) is 24.0 Å². The lowest BCUT2D eigenvalue weighted by molar-refractivity contribution is -0.136. The second-order valence-electron chi connectivity index (χ2n) is 5.51. The maximum absolute atomic E-state index is 13.2. The minimum atomic E-state index is -4.58. The summed E-state index contributed by atoms with van der Waals surface area (Å²) in [6, 6.07) is 3.53. The number of allylic oxidation sites excluding steroid dienone is 1. The summed E-state index contributed by atoms with van der Waals surface area (Å²) in [6.07, 6.45) is -5.31. The minimum Gasteiger partial charge on any atom is -0.321 e. The van der Waals surface area contributed by atoms with Gasteiger partial charge in [0.2, 0.25) is 5.92 Å². The van der Waals surface area contributed by atoms with Gasteiger partial charge >= 0.3 is 6.18 Å². The fourth-order valence-electron chi connectivity index (χ4n) is 2.95. The van der Waals surface area contributed by atoms with Crippen LogP contribution in [-0.2, 0) is 11.0 Å². The molecule has 1 aromatic rings. The van der Waals surface area contributed by atoms with Gasteiger partial charge in [-0.2, -0.15) is 13.2 Å². The van der Waals surface area contributed by atoms with Crippen LogP contribution in [0.3, 0.4) is 0 Å². The molecule has 2 aliphatic rings. The van der Waals surface area contributed by atoms with E-state index in [1.54, 1.807) is 0 Å². The van der Waals surface area contributed by atoms with Gasteiger partial charge in [0.05, 0.1) is 11.3 Å². The van der Waals surface area contributed by atoms with Crippen LogP contribution in [0.25, 0.3) is 5.57 Å². The highest BCUT2D eigenvalue weighted by molar-refractivity contribution is 6.32. The third kappa shape index (κ3) is 2.48. The van der Waals surface area contributed by atoms with Crippen molar-refractivity contribution in [2.45, 2.75) is 37.8 Å². The van der Waals surface area contributed by atoms with Crippen molar-refractivity contribution in [1.29, 1.82) is 0 Å². The fraction of sp³-hybridized carbons (Fsp3) is 0.400. The Labute approximate surface area is 123 Å². The van der Waals surface area contributed by atoms with Crippen molar-refractivity contribution in [2.75, 3.05) is 5.32 Å². The van der Waals surface area contributed by atoms with Gasteiger partial charge in [0.25, 0.3) is 5.91 Å². The lowest BCUT2D eigenvalue weighted by atomic mass is 9.86. The molecule has 1 amide bonds. The molecule has 2 nitrogen and oxygen atoms in total. The third-order valence-corrected chi connectivity index (χ3v) is 4.04. The van der Waals surface area contributed by atoms with Crippen molar-refractivity contribution in [2.24, 2.45) is 0 Å². The molecule has 0 spiro atoms. The first kappa shape index (κ1) is 15.0. The van der Waals surface area contributed by atoms with Crippen LogP contribution in [-0.4, -0.2) is 11.8 Å². The summed E-state index contributed by atoms with van der Waals surface area (Å²) in [4.78, 5) is 12.0. The van der Waals surface area contributed by atoms with Gasteiger partial charge in [-0.3, -0.25) is 4.79 Å². The summed E-state index contributed by atoms with van der Waals surface area (Å²) in [5.41, 5.74) is -0.423. The summed E-state index contributed by atoms with van der Waals surface area (Å²) >= 11 is 0. The Bertz CT molecular complexity index is 663. The Morgan fingerprint density at radius 1 is 1.09 bits per heavy atom. The van der Waals surface area contributed by atoms with E-state index in [-0.39, 0.29) is 42.5 Å². The van der Waals surface area contributed by atoms with E-state index in [2.05, 4.69) is 5.32 Å². The standard InChI is InChI=1S/C15H12F5NO/c16-14(17)6-4-8(5-7-14)11-9-2-1-3-10(15(18,19)20)12(9)21-13(11)22/h1-3H,4-7H2,(H,21,22). The predicted octanol–water partition coefficient (Wildman–Crippen LogP) is 4.62. The van der Waals surface area contributed by atoms with E-state index in [9.17, 15) is 26.7 Å². The van der Waals surface area contributed by atoms with E-state index in [0.717, 1.165) is 6.07 Å². The molecule has 1 aliphatic carbocycles. The van der Waals surface area contributed by atoms with Gasteiger partial charge in [0.15, 0.2) is 0 Å². The third-order valence-electron chi connectivity index (χ3n) is 4.04. The van der Waals surface area contributed by atoms with E-state index in [1.165, 1.54) is 12.1 Å². The molecule has 0 bridgehead atoms. The van der Waals surface area contributed by atoms with Gasteiger partial charge in [-0.1, -0.05) is 17.7 Å². The van der Waals surface area contributed by atoms with Gasteiger partial charge in [0.1, 0.15) is 0 Å². The van der Waals surface area contributed by atoms with Crippen molar-refractivity contribution >= 4 is 17.2 Å². The normalized spacial score (nSPS) is 20.9. The molecule has 1 aromatic carbocycles. The first-order valence-corrected chi connectivity index (χ1v) is 6.81. The number of halogens is 5. The fourth-order valence-corrected chi connectivity index (χ4v) is 2.95. The first-order valence-electron chi connectivity index (χ1n) is 6.81. The number of hydrogen-bond acceptors (Lipinski definition) is 1. The first-order chi connectivity index (χ1) is 10.2. The number of hydrogen-bond donors (Lipinski definition) is 1. The molecule has 118 valence electrons. The Kier molecular flexibility index (Phi) is 3.27. The number of fused-ring (bicyclic) bond motifs is 1. The summed E-state index contributed by atoms with van der Waals surface area (Å²) in [5, 5.41) is 2.24. The van der Waals surface area contributed by atoms with E-state index >= 15 is 0 Å². The Morgan fingerprint density at radius 3 is 2.32 bits per heavy atom. The zero-order chi connectivity index (χ0) is 16.1. The number of para-hydroxylation sites is 1. The smallest absolute Gasteiger partial charge is 0.321 e. The van der Waals surface area contributed by atoms with Crippen LogP contribution in [0.15, 0.2) is 23.8 Å². The molecule has 0 atom stereocenters. The van der Waals surface area contributed by atoms with Crippen LogP contribution in [0.5, 0.6) is 0 Å². The molecule has 22 heavy (non-hydrogen) atoms. The maximum atomic E-state index is 13.2. The molecule has 0 unspecified atom stereocenters. The molecule has 1 saturated carbocycles. The van der Waals surface area contributed by atoms with Crippen LogP contribution in [0, 0.1) is 0 Å². The average molecular weight is 317 g/mol. The van der Waals surface area contributed by atoms with Crippen LogP contribution in [0.4, 0.5) is 27.6 Å². The van der Waals surface area contributed by atoms with E-state index in [1.807, 2.05) is 0 Å². The number of anilines is 1. The number of nitrogens with one attached hydrogen (secondary N) is 1. The van der Waals surface area contributed by atoms with Crippen LogP contribution in [0.1, 0.15) is 36.8 Å². The monoisotopic (exact) mass is 317 g/mol. The quantitative estimate of drug-likeness (QED) is 0.549. The Balaban J connectivity index is 2.07. The number of benzene rings is 1. The van der Waals surface area contributed by atoms with Crippen molar-refractivity contribution in [1.82, 2.24) is 0 Å². The zero-order valence-corrected chi connectivity index (χ0v) is 11.4. The van der Waals surface area contributed by atoms with Crippen LogP contribution in [0.2, 0.25) is 0 Å². The number of rotatable bonds is 0. The van der Waals surface area contributed by atoms with Crippen molar-refractivity contribution in [3.05, 3.63) is 34.9 Å². The highest BCUT2D eigenvalue weighted by Crippen LogP contribution is 2.46. The molecule has 3 rings (SSSR count). The Hall–Kier alpha value is -1.92. The van der Waals surface area contributed by atoms with Gasteiger partial charge in [-0.05, 0) is 18.9 Å².